The predicted octanol–water partition coefficient (Wildman–Crippen LogP) is 4.94. The van der Waals surface area contributed by atoms with E-state index in [1.54, 1.807) is 18.2 Å². The molecule has 2 aromatic carbocycles. The highest BCUT2D eigenvalue weighted by atomic mass is 32.2. The molecule has 2 aromatic rings. The number of thioether (sulfide) groups is 1. The van der Waals surface area contributed by atoms with Gasteiger partial charge in [-0.3, -0.25) is 4.79 Å². The van der Waals surface area contributed by atoms with Gasteiger partial charge in [-0.2, -0.15) is 0 Å². The van der Waals surface area contributed by atoms with Crippen LogP contribution in [0.1, 0.15) is 42.5 Å². The number of esters is 1. The molecule has 6 nitrogen and oxygen atoms in total. The molecule has 0 aliphatic carbocycles. The molecule has 0 saturated carbocycles. The standard InChI is InChI=1S/C27H26FN3O3S/c1-3-22-24(26(33)34-2)25(20-10-6-7-11-21(20)28)31-19(16-35-27(31)29-22)14-23(32)30-13-12-17-8-4-5-9-18(17)15-30/h4-11,16,25H,3,12-15H2,1-2H3. The Morgan fingerprint density at radius 3 is 2.63 bits per heavy atom. The Kier molecular flexibility index (Phi) is 6.47. The summed E-state index contributed by atoms with van der Waals surface area (Å²) in [5.74, 6) is -0.983. The van der Waals surface area contributed by atoms with Gasteiger partial charge in [0.1, 0.15) is 5.82 Å². The van der Waals surface area contributed by atoms with Gasteiger partial charge in [0.25, 0.3) is 0 Å². The molecule has 8 heteroatoms. The maximum absolute atomic E-state index is 15.1. The monoisotopic (exact) mass is 491 g/mol. The average molecular weight is 492 g/mol. The minimum absolute atomic E-state index is 0.00947. The van der Waals surface area contributed by atoms with Crippen molar-refractivity contribution in [3.63, 3.8) is 0 Å². The molecule has 0 saturated heterocycles. The van der Waals surface area contributed by atoms with E-state index in [1.807, 2.05) is 34.3 Å². The van der Waals surface area contributed by atoms with Crippen molar-refractivity contribution in [2.24, 2.45) is 4.99 Å². The van der Waals surface area contributed by atoms with Gasteiger partial charge in [-0.05, 0) is 35.4 Å². The van der Waals surface area contributed by atoms with E-state index in [1.165, 1.54) is 30.5 Å². The molecule has 0 radical (unpaired) electrons. The summed E-state index contributed by atoms with van der Waals surface area (Å²) < 4.78 is 20.2. The van der Waals surface area contributed by atoms with Crippen molar-refractivity contribution in [1.29, 1.82) is 0 Å². The number of carbonyl (C=O) groups is 2. The van der Waals surface area contributed by atoms with Crippen LogP contribution in [0, 0.1) is 5.82 Å². The maximum Gasteiger partial charge on any atom is 0.338 e. The van der Waals surface area contributed by atoms with Crippen molar-refractivity contribution >= 4 is 28.8 Å². The molecular formula is C27H26FN3O3S. The number of fused-ring (bicyclic) bond motifs is 2. The summed E-state index contributed by atoms with van der Waals surface area (Å²) in [7, 11) is 1.31. The largest absolute Gasteiger partial charge is 0.466 e. The number of aliphatic imine (C=N–C) groups is 1. The number of allylic oxidation sites excluding steroid dienone is 1. The Balaban J connectivity index is 1.47. The van der Waals surface area contributed by atoms with Gasteiger partial charge in [-0.15, -0.1) is 0 Å². The van der Waals surface area contributed by atoms with Gasteiger partial charge in [0.15, 0.2) is 5.17 Å². The molecule has 5 rings (SSSR count). The van der Waals surface area contributed by atoms with Crippen LogP contribution in [0.25, 0.3) is 0 Å². The first-order valence-corrected chi connectivity index (χ1v) is 12.5. The number of amides is 1. The van der Waals surface area contributed by atoms with Gasteiger partial charge >= 0.3 is 5.97 Å². The van der Waals surface area contributed by atoms with Crippen LogP contribution in [0.4, 0.5) is 4.39 Å². The molecule has 0 spiro atoms. The number of benzene rings is 2. The SMILES string of the molecule is CCC1=C(C(=O)OC)C(c2ccccc2F)N2C(CC(=O)N3CCc4ccccc4C3)=CSC2=N1. The van der Waals surface area contributed by atoms with Gasteiger partial charge in [-0.25, -0.2) is 14.2 Å². The third kappa shape index (κ3) is 4.27. The van der Waals surface area contributed by atoms with Gasteiger partial charge in [-0.1, -0.05) is 61.2 Å². The molecule has 3 aliphatic rings. The molecule has 0 fully saturated rings. The third-order valence-electron chi connectivity index (χ3n) is 6.64. The number of carbonyl (C=O) groups excluding carboxylic acids is 2. The summed E-state index contributed by atoms with van der Waals surface area (Å²) in [5, 5.41) is 2.52. The lowest BCUT2D eigenvalue weighted by Gasteiger charge is -2.37. The van der Waals surface area contributed by atoms with Crippen LogP contribution in [-0.2, 0) is 27.3 Å². The van der Waals surface area contributed by atoms with Crippen LogP contribution < -0.4 is 0 Å². The topological polar surface area (TPSA) is 62.2 Å². The molecule has 0 bridgehead atoms. The Morgan fingerprint density at radius 2 is 1.89 bits per heavy atom. The Labute approximate surface area is 208 Å². The lowest BCUT2D eigenvalue weighted by molar-refractivity contribution is -0.136. The summed E-state index contributed by atoms with van der Waals surface area (Å²) in [4.78, 5) is 34.7. The van der Waals surface area contributed by atoms with Gasteiger partial charge in [0, 0.05) is 24.4 Å². The van der Waals surface area contributed by atoms with E-state index in [4.69, 9.17) is 9.73 Å². The highest BCUT2D eigenvalue weighted by Gasteiger charge is 2.42. The lowest BCUT2D eigenvalue weighted by atomic mass is 9.92. The highest BCUT2D eigenvalue weighted by Crippen LogP contribution is 2.46. The summed E-state index contributed by atoms with van der Waals surface area (Å²) >= 11 is 1.39. The number of methoxy groups -OCH3 is 1. The molecule has 0 N–H and O–H groups in total. The first-order chi connectivity index (χ1) is 17.0. The number of nitrogens with zero attached hydrogens (tertiary/aromatic N) is 3. The third-order valence-corrected chi connectivity index (χ3v) is 7.53. The Bertz CT molecular complexity index is 1290. The fourth-order valence-corrected chi connectivity index (χ4v) is 5.82. The molecule has 35 heavy (non-hydrogen) atoms. The second-order valence-corrected chi connectivity index (χ2v) is 9.47. The normalized spacial score (nSPS) is 19.1. The molecule has 1 amide bonds. The van der Waals surface area contributed by atoms with Crippen LogP contribution in [0.3, 0.4) is 0 Å². The summed E-state index contributed by atoms with van der Waals surface area (Å²) in [6.07, 6.45) is 1.45. The minimum Gasteiger partial charge on any atom is -0.466 e. The van der Waals surface area contributed by atoms with Crippen LogP contribution in [0.5, 0.6) is 0 Å². The maximum atomic E-state index is 15.1. The first kappa shape index (κ1) is 23.4. The predicted molar refractivity (Wildman–Crippen MR) is 134 cm³/mol. The van der Waals surface area contributed by atoms with Crippen LogP contribution in [0.15, 0.2) is 75.9 Å². The molecule has 180 valence electrons. The molecular weight excluding hydrogens is 465 g/mol. The van der Waals surface area contributed by atoms with Crippen LogP contribution in [-0.4, -0.2) is 40.5 Å². The Hall–Kier alpha value is -3.39. The molecule has 0 aromatic heterocycles. The van der Waals surface area contributed by atoms with E-state index in [9.17, 15) is 9.59 Å². The number of halogens is 1. The van der Waals surface area contributed by atoms with Crippen molar-refractivity contribution in [3.8, 4) is 0 Å². The van der Waals surface area contributed by atoms with E-state index in [0.717, 1.165) is 12.0 Å². The lowest BCUT2D eigenvalue weighted by Crippen LogP contribution is -2.40. The minimum atomic E-state index is -0.762. The number of amidine groups is 1. The van der Waals surface area contributed by atoms with Gasteiger partial charge in [0.2, 0.25) is 5.91 Å². The van der Waals surface area contributed by atoms with Crippen molar-refractivity contribution in [3.05, 3.63) is 93.4 Å². The number of hydrogen-bond donors (Lipinski definition) is 0. The number of hydrogen-bond acceptors (Lipinski definition) is 6. The average Bonchev–Trinajstić information content (AvgIpc) is 3.29. The molecule has 1 unspecified atom stereocenters. The van der Waals surface area contributed by atoms with E-state index in [-0.39, 0.29) is 12.3 Å². The fraction of sp³-hybridized carbons (Fsp3) is 0.296. The highest BCUT2D eigenvalue weighted by molar-refractivity contribution is 8.16. The number of rotatable bonds is 5. The van der Waals surface area contributed by atoms with Crippen molar-refractivity contribution in [2.45, 2.75) is 38.8 Å². The second kappa shape index (κ2) is 9.70. The van der Waals surface area contributed by atoms with E-state index < -0.39 is 17.8 Å². The Morgan fingerprint density at radius 1 is 1.14 bits per heavy atom. The van der Waals surface area contributed by atoms with Crippen molar-refractivity contribution in [2.75, 3.05) is 13.7 Å². The summed E-state index contributed by atoms with van der Waals surface area (Å²) in [6.45, 7) is 3.13. The fourth-order valence-electron chi connectivity index (χ4n) is 4.88. The summed E-state index contributed by atoms with van der Waals surface area (Å²) in [6, 6.07) is 13.8. The molecule has 3 aliphatic heterocycles. The van der Waals surface area contributed by atoms with Crippen molar-refractivity contribution in [1.82, 2.24) is 9.80 Å². The van der Waals surface area contributed by atoms with E-state index in [0.29, 0.717) is 47.2 Å². The molecule has 1 atom stereocenters. The zero-order chi connectivity index (χ0) is 24.5. The van der Waals surface area contributed by atoms with Gasteiger partial charge < -0.3 is 14.5 Å². The zero-order valence-corrected chi connectivity index (χ0v) is 20.5. The summed E-state index contributed by atoms with van der Waals surface area (Å²) in [5.41, 5.74) is 4.35. The second-order valence-electron chi connectivity index (χ2n) is 8.63. The van der Waals surface area contributed by atoms with Crippen LogP contribution in [0.2, 0.25) is 0 Å². The first-order valence-electron chi connectivity index (χ1n) is 11.7. The smallest absolute Gasteiger partial charge is 0.338 e. The van der Waals surface area contributed by atoms with Crippen LogP contribution >= 0.6 is 11.8 Å². The van der Waals surface area contributed by atoms with Gasteiger partial charge in [0.05, 0.1) is 30.8 Å². The number of ether oxygens (including phenoxy) is 1. The van der Waals surface area contributed by atoms with E-state index >= 15 is 4.39 Å². The zero-order valence-electron chi connectivity index (χ0n) is 19.7. The molecule has 3 heterocycles. The quantitative estimate of drug-likeness (QED) is 0.555. The van der Waals surface area contributed by atoms with Crippen molar-refractivity contribution < 1.29 is 18.7 Å². The van der Waals surface area contributed by atoms with E-state index in [2.05, 4.69) is 12.1 Å².